The van der Waals surface area contributed by atoms with E-state index in [0.717, 1.165) is 30.4 Å². The number of aromatic nitrogens is 3. The molecule has 32 heavy (non-hydrogen) atoms. The highest BCUT2D eigenvalue weighted by atomic mass is 32.2. The molecule has 0 aliphatic carbocycles. The topological polar surface area (TPSA) is 92.6 Å². The van der Waals surface area contributed by atoms with Crippen LogP contribution in [0.15, 0.2) is 29.4 Å². The number of nitrogens with one attached hydrogen (secondary N) is 1. The van der Waals surface area contributed by atoms with Crippen LogP contribution in [0.5, 0.6) is 5.75 Å². The van der Waals surface area contributed by atoms with Crippen LogP contribution < -0.4 is 10.1 Å². The Morgan fingerprint density at radius 3 is 2.44 bits per heavy atom. The molecule has 4 rings (SSSR count). The Balaban J connectivity index is 1.64. The number of amides is 3. The minimum Gasteiger partial charge on any atom is -0.497 e. The summed E-state index contributed by atoms with van der Waals surface area (Å²) in [5.74, 6) is 1.39. The Kier molecular flexibility index (Phi) is 7.00. The Hall–Kier alpha value is -2.59. The van der Waals surface area contributed by atoms with Crippen LogP contribution in [0, 0.1) is 0 Å². The molecule has 1 aromatic carbocycles. The molecule has 0 bridgehead atoms. The Morgan fingerprint density at radius 2 is 1.81 bits per heavy atom. The van der Waals surface area contributed by atoms with E-state index in [1.807, 2.05) is 28.8 Å². The molecule has 1 aromatic heterocycles. The second-order valence-corrected chi connectivity index (χ2v) is 9.44. The molecule has 2 fully saturated rings. The summed E-state index contributed by atoms with van der Waals surface area (Å²) in [6.07, 6.45) is 3.64. The van der Waals surface area contributed by atoms with Gasteiger partial charge < -0.3 is 10.1 Å². The number of urea groups is 1. The van der Waals surface area contributed by atoms with Gasteiger partial charge in [0.15, 0.2) is 11.0 Å². The number of carbonyl (C=O) groups is 2. The molecule has 3 amide bonds. The van der Waals surface area contributed by atoms with Crippen molar-refractivity contribution in [2.24, 2.45) is 0 Å². The van der Waals surface area contributed by atoms with E-state index in [1.54, 1.807) is 14.0 Å². The highest BCUT2D eigenvalue weighted by Gasteiger charge is 2.32. The monoisotopic (exact) mass is 458 g/mol. The number of likely N-dealkylation sites (tertiary alicyclic amines) is 1. The number of carbonyl (C=O) groups excluding carboxylic acids is 2. The van der Waals surface area contributed by atoms with Crippen molar-refractivity contribution in [3.05, 3.63) is 30.1 Å². The summed E-state index contributed by atoms with van der Waals surface area (Å²) in [4.78, 5) is 28.5. The van der Waals surface area contributed by atoms with Gasteiger partial charge in [0.05, 0.1) is 18.4 Å². The molecular formula is C22H30N6O3S. The largest absolute Gasteiger partial charge is 0.497 e. The maximum atomic E-state index is 12.8. The first-order valence-corrected chi connectivity index (χ1v) is 12.0. The lowest BCUT2D eigenvalue weighted by Crippen LogP contribution is -2.39. The highest BCUT2D eigenvalue weighted by molar-refractivity contribution is 8.00. The Morgan fingerprint density at radius 1 is 1.09 bits per heavy atom. The third kappa shape index (κ3) is 4.61. The quantitative estimate of drug-likeness (QED) is 0.638. The number of hydrogen-bond acceptors (Lipinski definition) is 7. The third-order valence-corrected chi connectivity index (χ3v) is 7.08. The molecule has 1 N–H and O–H groups in total. The molecule has 0 spiro atoms. The van der Waals surface area contributed by atoms with Gasteiger partial charge in [0, 0.05) is 18.8 Å². The van der Waals surface area contributed by atoms with E-state index in [4.69, 9.17) is 4.74 Å². The van der Waals surface area contributed by atoms with Crippen LogP contribution in [0.3, 0.4) is 0 Å². The molecular weight excluding hydrogens is 428 g/mol. The van der Waals surface area contributed by atoms with Crippen molar-refractivity contribution >= 4 is 23.7 Å². The Bertz CT molecular complexity index is 957. The van der Waals surface area contributed by atoms with Gasteiger partial charge in [-0.05, 0) is 64.0 Å². The summed E-state index contributed by atoms with van der Waals surface area (Å²) in [5.41, 5.74) is 0.913. The van der Waals surface area contributed by atoms with Crippen LogP contribution in [0.2, 0.25) is 0 Å². The predicted octanol–water partition coefficient (Wildman–Crippen LogP) is 2.86. The summed E-state index contributed by atoms with van der Waals surface area (Å²) >= 11 is 1.33. The zero-order valence-electron chi connectivity index (χ0n) is 18.8. The lowest BCUT2D eigenvalue weighted by molar-refractivity contribution is -0.126. The molecule has 10 heteroatoms. The van der Waals surface area contributed by atoms with E-state index in [-0.39, 0.29) is 18.0 Å². The summed E-state index contributed by atoms with van der Waals surface area (Å²) in [7, 11) is 1.64. The third-order valence-electron chi connectivity index (χ3n) is 6.05. The number of imide groups is 1. The van der Waals surface area contributed by atoms with Crippen LogP contribution in [-0.4, -0.2) is 75.0 Å². The molecule has 2 aromatic rings. The van der Waals surface area contributed by atoms with Gasteiger partial charge in [0.25, 0.3) is 0 Å². The molecule has 0 unspecified atom stereocenters. The molecule has 2 aliphatic heterocycles. The smallest absolute Gasteiger partial charge is 0.324 e. The van der Waals surface area contributed by atoms with E-state index in [1.165, 1.54) is 35.9 Å². The second kappa shape index (κ2) is 9.91. The SMILES string of the molecule is COc1ccc(-n2c(S[C@@H](C)C(=O)N3CCNC3=O)nnc2[C@@H](C)N2CCCCC2)cc1. The average molecular weight is 459 g/mol. The number of hydrogen-bond donors (Lipinski definition) is 1. The van der Waals surface area contributed by atoms with Crippen LogP contribution in [0.1, 0.15) is 45.0 Å². The van der Waals surface area contributed by atoms with E-state index >= 15 is 0 Å². The minimum atomic E-state index is -0.474. The summed E-state index contributed by atoms with van der Waals surface area (Å²) in [6, 6.07) is 7.51. The minimum absolute atomic E-state index is 0.0922. The van der Waals surface area contributed by atoms with Crippen molar-refractivity contribution in [1.29, 1.82) is 0 Å². The normalized spacial score (nSPS) is 19.0. The van der Waals surface area contributed by atoms with Crippen molar-refractivity contribution in [3.63, 3.8) is 0 Å². The molecule has 9 nitrogen and oxygen atoms in total. The number of benzene rings is 1. The van der Waals surface area contributed by atoms with E-state index in [0.29, 0.717) is 18.2 Å². The van der Waals surface area contributed by atoms with Crippen LogP contribution in [-0.2, 0) is 4.79 Å². The van der Waals surface area contributed by atoms with Gasteiger partial charge in [-0.15, -0.1) is 10.2 Å². The fourth-order valence-electron chi connectivity index (χ4n) is 4.18. The van der Waals surface area contributed by atoms with Gasteiger partial charge in [-0.2, -0.15) is 0 Å². The van der Waals surface area contributed by atoms with Gasteiger partial charge in [-0.25, -0.2) is 4.79 Å². The number of rotatable bonds is 7. The standard InChI is InChI=1S/C22H30N6O3S/c1-15(26-12-5-4-6-13-26)19-24-25-22(28(19)17-7-9-18(31-3)10-8-17)32-16(2)20(29)27-14-11-23-21(27)30/h7-10,15-16H,4-6,11-14H2,1-3H3,(H,23,30)/t15-,16+/m1/s1. The van der Waals surface area contributed by atoms with Gasteiger partial charge in [0.2, 0.25) is 5.91 Å². The molecule has 0 saturated carbocycles. The van der Waals surface area contributed by atoms with Crippen molar-refractivity contribution in [3.8, 4) is 11.4 Å². The number of piperidine rings is 1. The van der Waals surface area contributed by atoms with Crippen LogP contribution >= 0.6 is 11.8 Å². The lowest BCUT2D eigenvalue weighted by atomic mass is 10.1. The molecule has 172 valence electrons. The summed E-state index contributed by atoms with van der Waals surface area (Å²) in [6.45, 7) is 6.93. The molecule has 2 aliphatic rings. The maximum absolute atomic E-state index is 12.8. The number of thioether (sulfide) groups is 1. The average Bonchev–Trinajstić information content (AvgIpc) is 3.44. The summed E-state index contributed by atoms with van der Waals surface area (Å²) < 4.78 is 7.34. The van der Waals surface area contributed by atoms with Crippen molar-refractivity contribution in [2.45, 2.75) is 49.6 Å². The maximum Gasteiger partial charge on any atom is 0.324 e. The van der Waals surface area contributed by atoms with E-state index in [9.17, 15) is 9.59 Å². The molecule has 2 atom stereocenters. The van der Waals surface area contributed by atoms with Crippen molar-refractivity contribution in [2.75, 3.05) is 33.3 Å². The van der Waals surface area contributed by atoms with E-state index in [2.05, 4.69) is 27.3 Å². The summed E-state index contributed by atoms with van der Waals surface area (Å²) in [5, 5.41) is 11.9. The highest BCUT2D eigenvalue weighted by Crippen LogP contribution is 2.32. The number of ether oxygens (including phenoxy) is 1. The lowest BCUT2D eigenvalue weighted by Gasteiger charge is -2.32. The fraction of sp³-hybridized carbons (Fsp3) is 0.545. The zero-order chi connectivity index (χ0) is 22.7. The fourth-order valence-corrected chi connectivity index (χ4v) is 5.12. The zero-order valence-corrected chi connectivity index (χ0v) is 19.6. The van der Waals surface area contributed by atoms with Gasteiger partial charge in [-0.3, -0.25) is 19.2 Å². The van der Waals surface area contributed by atoms with Crippen LogP contribution in [0.4, 0.5) is 4.79 Å². The first-order valence-electron chi connectivity index (χ1n) is 11.1. The number of nitrogens with zero attached hydrogens (tertiary/aromatic N) is 5. The van der Waals surface area contributed by atoms with E-state index < -0.39 is 5.25 Å². The molecule has 3 heterocycles. The van der Waals surface area contributed by atoms with Crippen molar-refractivity contribution < 1.29 is 14.3 Å². The predicted molar refractivity (Wildman–Crippen MR) is 122 cm³/mol. The Labute approximate surface area is 192 Å². The number of methoxy groups -OCH3 is 1. The second-order valence-electron chi connectivity index (χ2n) is 8.13. The van der Waals surface area contributed by atoms with Crippen molar-refractivity contribution in [1.82, 2.24) is 29.9 Å². The molecule has 2 saturated heterocycles. The van der Waals surface area contributed by atoms with Gasteiger partial charge in [-0.1, -0.05) is 18.2 Å². The van der Waals surface area contributed by atoms with Gasteiger partial charge in [0.1, 0.15) is 5.75 Å². The molecule has 0 radical (unpaired) electrons. The van der Waals surface area contributed by atoms with Gasteiger partial charge >= 0.3 is 6.03 Å². The first-order chi connectivity index (χ1) is 15.5. The first kappa shape index (κ1) is 22.6. The van der Waals surface area contributed by atoms with Crippen LogP contribution in [0.25, 0.3) is 5.69 Å².